The summed E-state index contributed by atoms with van der Waals surface area (Å²) in [4.78, 5) is 4.71. The molecule has 1 heterocycles. The van der Waals surface area contributed by atoms with Gasteiger partial charge in [0.2, 0.25) is 10.0 Å². The van der Waals surface area contributed by atoms with Crippen molar-refractivity contribution in [1.29, 1.82) is 0 Å². The van der Waals surface area contributed by atoms with Crippen LogP contribution in [0, 0.1) is 6.92 Å². The highest BCUT2D eigenvalue weighted by molar-refractivity contribution is 7.88. The van der Waals surface area contributed by atoms with Crippen LogP contribution in [-0.2, 0) is 16.6 Å². The van der Waals surface area contributed by atoms with Gasteiger partial charge in [0.05, 0.1) is 17.3 Å². The molecule has 0 bridgehead atoms. The van der Waals surface area contributed by atoms with Crippen molar-refractivity contribution in [3.05, 3.63) is 54.1 Å². The summed E-state index contributed by atoms with van der Waals surface area (Å²) in [5.41, 5.74) is 4.11. The highest BCUT2D eigenvalue weighted by Crippen LogP contribution is 2.24. The molecule has 0 saturated heterocycles. The van der Waals surface area contributed by atoms with Crippen LogP contribution in [0.5, 0.6) is 0 Å². The van der Waals surface area contributed by atoms with Gasteiger partial charge in [-0.25, -0.2) is 18.1 Å². The minimum atomic E-state index is -3.20. The summed E-state index contributed by atoms with van der Waals surface area (Å²) in [6, 6.07) is 16.1. The third kappa shape index (κ3) is 3.60. The first-order chi connectivity index (χ1) is 10.9. The van der Waals surface area contributed by atoms with Crippen LogP contribution >= 0.6 is 0 Å². The van der Waals surface area contributed by atoms with E-state index in [1.54, 1.807) is 0 Å². The molecule has 3 rings (SSSR count). The number of para-hydroxylation sites is 2. The van der Waals surface area contributed by atoms with Gasteiger partial charge in [0.1, 0.15) is 5.82 Å². The van der Waals surface area contributed by atoms with Gasteiger partial charge < -0.3 is 4.57 Å². The van der Waals surface area contributed by atoms with Crippen molar-refractivity contribution in [1.82, 2.24) is 14.3 Å². The Hall–Kier alpha value is -2.18. The van der Waals surface area contributed by atoms with Crippen molar-refractivity contribution in [2.75, 3.05) is 12.8 Å². The molecule has 1 aromatic heterocycles. The Labute approximate surface area is 136 Å². The number of hydrogen-bond donors (Lipinski definition) is 1. The van der Waals surface area contributed by atoms with Gasteiger partial charge in [0.15, 0.2) is 0 Å². The fraction of sp³-hybridized carbons (Fsp3) is 0.235. The second kappa shape index (κ2) is 6.14. The molecular formula is C17H19N3O2S. The lowest BCUT2D eigenvalue weighted by molar-refractivity contribution is 0.580. The predicted octanol–water partition coefficient (Wildman–Crippen LogP) is 2.56. The van der Waals surface area contributed by atoms with Crippen molar-refractivity contribution >= 4 is 21.1 Å². The van der Waals surface area contributed by atoms with E-state index in [-0.39, 0.29) is 0 Å². The molecule has 2 aromatic carbocycles. The number of imidazole rings is 1. The minimum absolute atomic E-state index is 0.331. The fourth-order valence-corrected chi connectivity index (χ4v) is 3.03. The Morgan fingerprint density at radius 2 is 1.78 bits per heavy atom. The summed E-state index contributed by atoms with van der Waals surface area (Å²) in [7, 11) is -3.20. The maximum absolute atomic E-state index is 11.3. The Balaban J connectivity index is 2.02. The molecule has 0 aliphatic heterocycles. The van der Waals surface area contributed by atoms with Gasteiger partial charge in [-0.15, -0.1) is 0 Å². The van der Waals surface area contributed by atoms with E-state index in [0.717, 1.165) is 22.4 Å². The van der Waals surface area contributed by atoms with Crippen molar-refractivity contribution in [2.24, 2.45) is 0 Å². The number of nitrogens with zero attached hydrogens (tertiary/aromatic N) is 2. The third-order valence-corrected chi connectivity index (χ3v) is 4.39. The van der Waals surface area contributed by atoms with Crippen LogP contribution in [0.3, 0.4) is 0 Å². The molecule has 3 aromatic rings. The molecule has 6 heteroatoms. The van der Waals surface area contributed by atoms with Gasteiger partial charge in [-0.1, -0.05) is 42.0 Å². The monoisotopic (exact) mass is 329 g/mol. The highest BCUT2D eigenvalue weighted by Gasteiger charge is 2.12. The number of sulfonamides is 1. The Morgan fingerprint density at radius 3 is 2.48 bits per heavy atom. The SMILES string of the molecule is Cc1ccc(-c2nc3ccccc3n2CCNS(C)(=O)=O)cc1. The highest BCUT2D eigenvalue weighted by atomic mass is 32.2. The lowest BCUT2D eigenvalue weighted by Crippen LogP contribution is -2.26. The van der Waals surface area contributed by atoms with Crippen LogP contribution in [0.4, 0.5) is 0 Å². The normalized spacial score (nSPS) is 11.9. The van der Waals surface area contributed by atoms with Gasteiger partial charge in [0, 0.05) is 18.7 Å². The molecule has 0 saturated carbocycles. The van der Waals surface area contributed by atoms with E-state index in [1.807, 2.05) is 55.5 Å². The fourth-order valence-electron chi connectivity index (χ4n) is 2.57. The van der Waals surface area contributed by atoms with Crippen LogP contribution in [0.2, 0.25) is 0 Å². The number of fused-ring (bicyclic) bond motifs is 1. The van der Waals surface area contributed by atoms with E-state index in [4.69, 9.17) is 4.98 Å². The molecule has 0 amide bonds. The molecular weight excluding hydrogens is 310 g/mol. The third-order valence-electron chi connectivity index (χ3n) is 3.66. The van der Waals surface area contributed by atoms with Gasteiger partial charge in [-0.05, 0) is 19.1 Å². The first-order valence-corrected chi connectivity index (χ1v) is 9.30. The van der Waals surface area contributed by atoms with Crippen LogP contribution in [0.25, 0.3) is 22.4 Å². The van der Waals surface area contributed by atoms with E-state index in [9.17, 15) is 8.42 Å². The number of aryl methyl sites for hydroxylation is 1. The van der Waals surface area contributed by atoms with Gasteiger partial charge in [-0.3, -0.25) is 0 Å². The Bertz CT molecular complexity index is 928. The summed E-state index contributed by atoms with van der Waals surface area (Å²) in [6.45, 7) is 2.90. The maximum atomic E-state index is 11.3. The summed E-state index contributed by atoms with van der Waals surface area (Å²) in [5.74, 6) is 0.849. The second-order valence-corrected chi connectivity index (χ2v) is 7.44. The topological polar surface area (TPSA) is 64.0 Å². The van der Waals surface area contributed by atoms with Crippen molar-refractivity contribution in [2.45, 2.75) is 13.5 Å². The first kappa shape index (κ1) is 15.7. The predicted molar refractivity (Wildman–Crippen MR) is 92.8 cm³/mol. The van der Waals surface area contributed by atoms with E-state index >= 15 is 0 Å². The molecule has 0 aliphatic rings. The Morgan fingerprint density at radius 1 is 1.09 bits per heavy atom. The molecule has 0 spiro atoms. The van der Waals surface area contributed by atoms with Gasteiger partial charge >= 0.3 is 0 Å². The number of hydrogen-bond acceptors (Lipinski definition) is 3. The second-order valence-electron chi connectivity index (χ2n) is 5.61. The molecule has 0 aliphatic carbocycles. The summed E-state index contributed by atoms with van der Waals surface area (Å²) < 4.78 is 27.1. The quantitative estimate of drug-likeness (QED) is 0.782. The number of aromatic nitrogens is 2. The zero-order valence-electron chi connectivity index (χ0n) is 13.2. The Kier molecular flexibility index (Phi) is 4.19. The first-order valence-electron chi connectivity index (χ1n) is 7.41. The van der Waals surface area contributed by atoms with Gasteiger partial charge in [0.25, 0.3) is 0 Å². The number of nitrogens with one attached hydrogen (secondary N) is 1. The molecule has 1 N–H and O–H groups in total. The van der Waals surface area contributed by atoms with E-state index in [1.165, 1.54) is 11.8 Å². The van der Waals surface area contributed by atoms with Crippen molar-refractivity contribution in [3.63, 3.8) is 0 Å². The lowest BCUT2D eigenvalue weighted by Gasteiger charge is -2.10. The molecule has 0 fully saturated rings. The molecule has 5 nitrogen and oxygen atoms in total. The van der Waals surface area contributed by atoms with E-state index < -0.39 is 10.0 Å². The summed E-state index contributed by atoms with van der Waals surface area (Å²) in [5, 5.41) is 0. The van der Waals surface area contributed by atoms with Crippen LogP contribution in [0.1, 0.15) is 5.56 Å². The largest absolute Gasteiger partial charge is 0.323 e. The zero-order valence-corrected chi connectivity index (χ0v) is 14.0. The maximum Gasteiger partial charge on any atom is 0.208 e. The smallest absolute Gasteiger partial charge is 0.208 e. The molecule has 120 valence electrons. The molecule has 0 unspecified atom stereocenters. The standard InChI is InChI=1S/C17H19N3O2S/c1-13-7-9-14(10-8-13)17-19-15-5-3-4-6-16(15)20(17)12-11-18-23(2,21)22/h3-10,18H,11-12H2,1-2H3. The average Bonchev–Trinajstić information content (AvgIpc) is 2.86. The van der Waals surface area contributed by atoms with Crippen molar-refractivity contribution < 1.29 is 8.42 Å². The van der Waals surface area contributed by atoms with Gasteiger partial charge in [-0.2, -0.15) is 0 Å². The molecule has 0 radical (unpaired) electrons. The van der Waals surface area contributed by atoms with Crippen LogP contribution < -0.4 is 4.72 Å². The number of benzene rings is 2. The molecule has 23 heavy (non-hydrogen) atoms. The minimum Gasteiger partial charge on any atom is -0.323 e. The summed E-state index contributed by atoms with van der Waals surface area (Å²) >= 11 is 0. The van der Waals surface area contributed by atoms with Crippen LogP contribution in [-0.4, -0.2) is 30.8 Å². The van der Waals surface area contributed by atoms with Crippen molar-refractivity contribution in [3.8, 4) is 11.4 Å². The lowest BCUT2D eigenvalue weighted by atomic mass is 10.1. The average molecular weight is 329 g/mol. The van der Waals surface area contributed by atoms with E-state index in [0.29, 0.717) is 13.1 Å². The van der Waals surface area contributed by atoms with E-state index in [2.05, 4.69) is 9.29 Å². The summed E-state index contributed by atoms with van der Waals surface area (Å²) in [6.07, 6.45) is 1.17. The zero-order chi connectivity index (χ0) is 16.4. The van der Waals surface area contributed by atoms with Crippen LogP contribution in [0.15, 0.2) is 48.5 Å². The number of rotatable bonds is 5. The molecule has 0 atom stereocenters.